The van der Waals surface area contributed by atoms with Crippen molar-refractivity contribution in [1.82, 2.24) is 0 Å². The van der Waals surface area contributed by atoms with Gasteiger partial charge in [-0.1, -0.05) is 29.3 Å². The first-order valence-corrected chi connectivity index (χ1v) is 7.39. The number of carbonyl (C=O) groups is 1. The van der Waals surface area contributed by atoms with Crippen LogP contribution in [0.1, 0.15) is 10.6 Å². The van der Waals surface area contributed by atoms with E-state index < -0.39 is 5.97 Å². The van der Waals surface area contributed by atoms with Crippen molar-refractivity contribution < 1.29 is 13.9 Å². The molecule has 7 heteroatoms. The predicted molar refractivity (Wildman–Crippen MR) is 78.3 cm³/mol. The van der Waals surface area contributed by atoms with Gasteiger partial charge in [0.05, 0.1) is 21.6 Å². The van der Waals surface area contributed by atoms with Crippen LogP contribution < -0.4 is 0 Å². The van der Waals surface area contributed by atoms with Crippen molar-refractivity contribution in [2.75, 3.05) is 7.11 Å². The monoisotopic (exact) mass is 380 g/mol. The van der Waals surface area contributed by atoms with Crippen molar-refractivity contribution in [2.24, 2.45) is 0 Å². The van der Waals surface area contributed by atoms with Gasteiger partial charge in [0.15, 0.2) is 5.09 Å². The number of benzene rings is 1. The second-order valence-electron chi connectivity index (χ2n) is 3.39. The Kier molecular flexibility index (Phi) is 4.84. The lowest BCUT2D eigenvalue weighted by atomic mass is 10.4. The highest BCUT2D eigenvalue weighted by Gasteiger charge is 2.18. The zero-order chi connectivity index (χ0) is 14.0. The maximum atomic E-state index is 11.4. The molecule has 0 atom stereocenters. The van der Waals surface area contributed by atoms with Crippen LogP contribution in [-0.4, -0.2) is 13.1 Å². The van der Waals surface area contributed by atoms with Gasteiger partial charge in [0.25, 0.3) is 0 Å². The molecule has 0 amide bonds. The Morgan fingerprint density at radius 3 is 2.84 bits per heavy atom. The molecule has 0 bridgehead atoms. The van der Waals surface area contributed by atoms with Crippen molar-refractivity contribution >= 4 is 56.9 Å². The summed E-state index contributed by atoms with van der Waals surface area (Å²) < 4.78 is 10.6. The highest BCUT2D eigenvalue weighted by atomic mass is 79.9. The summed E-state index contributed by atoms with van der Waals surface area (Å²) in [4.78, 5) is 12.1. The van der Waals surface area contributed by atoms with Gasteiger partial charge in [-0.2, -0.15) is 0 Å². The van der Waals surface area contributed by atoms with Crippen LogP contribution in [-0.2, 0) is 4.74 Å². The summed E-state index contributed by atoms with van der Waals surface area (Å²) in [7, 11) is 1.29. The van der Waals surface area contributed by atoms with Crippen molar-refractivity contribution in [1.29, 1.82) is 0 Å². The third-order valence-electron chi connectivity index (χ3n) is 2.16. The molecular weight excluding hydrogens is 375 g/mol. The molecule has 2 rings (SSSR count). The van der Waals surface area contributed by atoms with E-state index in [9.17, 15) is 4.79 Å². The molecule has 0 radical (unpaired) electrons. The molecule has 0 N–H and O–H groups in total. The second kappa shape index (κ2) is 6.22. The number of rotatable bonds is 3. The molecule has 0 aliphatic rings. The molecular formula is C12H7BrCl2O3S. The van der Waals surface area contributed by atoms with Crippen LogP contribution in [0.3, 0.4) is 0 Å². The Morgan fingerprint density at radius 2 is 2.16 bits per heavy atom. The third-order valence-corrected chi connectivity index (χ3v) is 4.99. The summed E-state index contributed by atoms with van der Waals surface area (Å²) in [5.41, 5.74) is 0. The lowest BCUT2D eigenvalue weighted by Gasteiger charge is -2.03. The molecule has 0 saturated heterocycles. The minimum Gasteiger partial charge on any atom is -0.463 e. The number of hydrogen-bond acceptors (Lipinski definition) is 4. The summed E-state index contributed by atoms with van der Waals surface area (Å²) in [5.74, 6) is -0.417. The first kappa shape index (κ1) is 14.8. The van der Waals surface area contributed by atoms with Crippen molar-refractivity contribution in [2.45, 2.75) is 9.99 Å². The number of methoxy groups -OCH3 is 1. The fourth-order valence-corrected chi connectivity index (χ4v) is 3.12. The van der Waals surface area contributed by atoms with E-state index in [-0.39, 0.29) is 5.76 Å². The highest BCUT2D eigenvalue weighted by Crippen LogP contribution is 2.41. The largest absolute Gasteiger partial charge is 0.463 e. The molecule has 100 valence electrons. The topological polar surface area (TPSA) is 39.4 Å². The Bertz CT molecular complexity index is 627. The van der Waals surface area contributed by atoms with Gasteiger partial charge >= 0.3 is 5.97 Å². The summed E-state index contributed by atoms with van der Waals surface area (Å²) in [6.45, 7) is 0. The van der Waals surface area contributed by atoms with E-state index in [4.69, 9.17) is 27.6 Å². The molecule has 1 aromatic carbocycles. The Labute approximate surface area is 132 Å². The molecule has 0 aliphatic carbocycles. The number of furan rings is 1. The molecule has 0 aliphatic heterocycles. The van der Waals surface area contributed by atoms with Crippen LogP contribution in [0.25, 0.3) is 0 Å². The molecule has 19 heavy (non-hydrogen) atoms. The van der Waals surface area contributed by atoms with Crippen LogP contribution in [0.4, 0.5) is 0 Å². The number of esters is 1. The molecule has 1 heterocycles. The summed E-state index contributed by atoms with van der Waals surface area (Å²) in [5, 5.41) is 1.41. The third kappa shape index (κ3) is 3.28. The highest BCUT2D eigenvalue weighted by molar-refractivity contribution is 9.10. The van der Waals surface area contributed by atoms with Crippen molar-refractivity contribution in [3.05, 3.63) is 44.5 Å². The molecule has 1 aromatic heterocycles. The SMILES string of the molecule is COC(=O)c1cc(Br)c(Sc2cccc(Cl)c2Cl)o1. The molecule has 0 unspecified atom stereocenters. The van der Waals surface area contributed by atoms with E-state index in [1.165, 1.54) is 18.9 Å². The second-order valence-corrected chi connectivity index (χ2v) is 6.05. The average Bonchev–Trinajstić information content (AvgIpc) is 2.75. The lowest BCUT2D eigenvalue weighted by molar-refractivity contribution is 0.0559. The molecule has 0 spiro atoms. The van der Waals surface area contributed by atoms with Crippen LogP contribution in [0.15, 0.2) is 43.1 Å². The number of hydrogen-bond donors (Lipinski definition) is 0. The zero-order valence-corrected chi connectivity index (χ0v) is 13.5. The minimum absolute atomic E-state index is 0.120. The molecule has 2 aromatic rings. The quantitative estimate of drug-likeness (QED) is 0.677. The van der Waals surface area contributed by atoms with E-state index in [1.807, 2.05) is 6.07 Å². The van der Waals surface area contributed by atoms with Crippen LogP contribution >= 0.6 is 50.9 Å². The van der Waals surface area contributed by atoms with Gasteiger partial charge in [0.1, 0.15) is 0 Å². The minimum atomic E-state index is -0.537. The fourth-order valence-electron chi connectivity index (χ4n) is 1.29. The van der Waals surface area contributed by atoms with Gasteiger partial charge in [-0.3, -0.25) is 0 Å². The number of halogens is 3. The summed E-state index contributed by atoms with van der Waals surface area (Å²) >= 11 is 16.6. The standard InChI is InChI=1S/C12H7BrCl2O3S/c1-17-11(16)8-5-6(13)12(18-8)19-9-4-2-3-7(14)10(9)15/h2-5H,1H3. The Balaban J connectivity index is 2.31. The van der Waals surface area contributed by atoms with E-state index in [0.29, 0.717) is 19.6 Å². The molecule has 3 nitrogen and oxygen atoms in total. The average molecular weight is 382 g/mol. The van der Waals surface area contributed by atoms with Gasteiger partial charge in [-0.05, 0) is 39.8 Å². The number of ether oxygens (including phenoxy) is 1. The summed E-state index contributed by atoms with van der Waals surface area (Å²) in [6, 6.07) is 6.85. The Morgan fingerprint density at radius 1 is 1.42 bits per heavy atom. The zero-order valence-electron chi connectivity index (χ0n) is 9.58. The van der Waals surface area contributed by atoms with E-state index >= 15 is 0 Å². The molecule has 0 fully saturated rings. The van der Waals surface area contributed by atoms with Gasteiger partial charge in [-0.15, -0.1) is 0 Å². The summed E-state index contributed by atoms with van der Waals surface area (Å²) in [6.07, 6.45) is 0. The fraction of sp³-hybridized carbons (Fsp3) is 0.0833. The van der Waals surface area contributed by atoms with Crippen molar-refractivity contribution in [3.63, 3.8) is 0 Å². The smallest absolute Gasteiger partial charge is 0.374 e. The normalized spacial score (nSPS) is 10.5. The maximum absolute atomic E-state index is 11.4. The van der Waals surface area contributed by atoms with Gasteiger partial charge < -0.3 is 9.15 Å². The van der Waals surface area contributed by atoms with Gasteiger partial charge in [0.2, 0.25) is 5.76 Å². The van der Waals surface area contributed by atoms with Gasteiger partial charge in [0, 0.05) is 11.0 Å². The van der Waals surface area contributed by atoms with Crippen LogP contribution in [0.5, 0.6) is 0 Å². The predicted octanol–water partition coefficient (Wildman–Crippen LogP) is 5.29. The first-order valence-electron chi connectivity index (χ1n) is 5.02. The maximum Gasteiger partial charge on any atom is 0.374 e. The van der Waals surface area contributed by atoms with Gasteiger partial charge in [-0.25, -0.2) is 4.79 Å². The van der Waals surface area contributed by atoms with Crippen LogP contribution in [0.2, 0.25) is 10.0 Å². The molecule has 0 saturated carbocycles. The van der Waals surface area contributed by atoms with Crippen LogP contribution in [0, 0.1) is 0 Å². The lowest BCUT2D eigenvalue weighted by Crippen LogP contribution is -1.98. The Hall–Kier alpha value is -0.620. The first-order chi connectivity index (χ1) is 9.02. The van der Waals surface area contributed by atoms with E-state index in [1.54, 1.807) is 18.2 Å². The number of carbonyl (C=O) groups excluding carboxylic acids is 1. The van der Waals surface area contributed by atoms with Crippen molar-refractivity contribution in [3.8, 4) is 0 Å². The van der Waals surface area contributed by atoms with E-state index in [0.717, 1.165) is 4.90 Å². The van der Waals surface area contributed by atoms with E-state index in [2.05, 4.69) is 20.7 Å².